The van der Waals surface area contributed by atoms with Crippen molar-refractivity contribution in [2.75, 3.05) is 33.8 Å². The van der Waals surface area contributed by atoms with Crippen LogP contribution in [0.2, 0.25) is 5.02 Å². The van der Waals surface area contributed by atoms with Gasteiger partial charge in [0.1, 0.15) is 5.75 Å². The number of ether oxygens (including phenoxy) is 1. The zero-order valence-electron chi connectivity index (χ0n) is 12.6. The van der Waals surface area contributed by atoms with Crippen LogP contribution in [-0.4, -0.2) is 57.3 Å². The van der Waals surface area contributed by atoms with E-state index >= 15 is 0 Å². The third kappa shape index (κ3) is 3.71. The van der Waals surface area contributed by atoms with Crippen LogP contribution in [-0.2, 0) is 14.8 Å². The molecule has 1 aromatic carbocycles. The Hall–Kier alpha value is -1.31. The van der Waals surface area contributed by atoms with Gasteiger partial charge in [-0.05, 0) is 31.0 Å². The first-order valence-electron chi connectivity index (χ1n) is 6.95. The Kier molecular flexibility index (Phi) is 5.31. The highest BCUT2D eigenvalue weighted by Crippen LogP contribution is 2.29. The zero-order valence-corrected chi connectivity index (χ0v) is 14.2. The van der Waals surface area contributed by atoms with Gasteiger partial charge < -0.3 is 9.64 Å². The van der Waals surface area contributed by atoms with Crippen LogP contribution in [0.5, 0.6) is 5.75 Å². The zero-order chi connectivity index (χ0) is 16.3. The molecule has 1 saturated heterocycles. The number of hydrogen-bond acceptors (Lipinski definition) is 4. The minimum absolute atomic E-state index is 0.144. The molecule has 1 aliphatic rings. The number of benzene rings is 1. The van der Waals surface area contributed by atoms with Crippen molar-refractivity contribution in [3.8, 4) is 5.75 Å². The first-order chi connectivity index (χ1) is 10.3. The smallest absolute Gasteiger partial charge is 0.259 e. The van der Waals surface area contributed by atoms with Gasteiger partial charge in [0, 0.05) is 27.2 Å². The Morgan fingerprint density at radius 3 is 2.50 bits per heavy atom. The van der Waals surface area contributed by atoms with Crippen LogP contribution in [0.25, 0.3) is 0 Å². The van der Waals surface area contributed by atoms with Gasteiger partial charge in [-0.3, -0.25) is 4.79 Å². The standard InChI is InChI=1S/C14H19ClN2O4S/c1-16(2)14(18)10-21-13-6-5-11(9-12(13)15)22(19,20)17-7-3-4-8-17/h5-6,9H,3-4,7-8,10H2,1-2H3. The summed E-state index contributed by atoms with van der Waals surface area (Å²) in [5.41, 5.74) is 0. The van der Waals surface area contributed by atoms with E-state index in [1.165, 1.54) is 27.4 Å². The van der Waals surface area contributed by atoms with Crippen molar-refractivity contribution in [2.45, 2.75) is 17.7 Å². The molecule has 1 aromatic rings. The molecule has 1 amide bonds. The first-order valence-corrected chi connectivity index (χ1v) is 8.77. The predicted octanol–water partition coefficient (Wildman–Crippen LogP) is 1.59. The SMILES string of the molecule is CN(C)C(=O)COc1ccc(S(=O)(=O)N2CCCC2)cc1Cl. The van der Waals surface area contributed by atoms with Crippen molar-refractivity contribution in [3.63, 3.8) is 0 Å². The van der Waals surface area contributed by atoms with Crippen LogP contribution < -0.4 is 4.74 Å². The van der Waals surface area contributed by atoms with Gasteiger partial charge in [-0.25, -0.2) is 8.42 Å². The number of halogens is 1. The van der Waals surface area contributed by atoms with E-state index in [9.17, 15) is 13.2 Å². The second-order valence-electron chi connectivity index (χ2n) is 5.28. The van der Waals surface area contributed by atoms with Crippen molar-refractivity contribution in [2.24, 2.45) is 0 Å². The van der Waals surface area contributed by atoms with E-state index in [4.69, 9.17) is 16.3 Å². The molecular formula is C14H19ClN2O4S. The van der Waals surface area contributed by atoms with Crippen LogP contribution in [0.4, 0.5) is 0 Å². The molecule has 0 aromatic heterocycles. The molecule has 8 heteroatoms. The van der Waals surface area contributed by atoms with Crippen molar-refractivity contribution in [1.82, 2.24) is 9.21 Å². The van der Waals surface area contributed by atoms with E-state index in [2.05, 4.69) is 0 Å². The van der Waals surface area contributed by atoms with Crippen LogP contribution >= 0.6 is 11.6 Å². The van der Waals surface area contributed by atoms with Crippen molar-refractivity contribution < 1.29 is 17.9 Å². The molecule has 1 aliphatic heterocycles. The number of likely N-dealkylation sites (N-methyl/N-ethyl adjacent to an activating group) is 1. The fourth-order valence-corrected chi connectivity index (χ4v) is 3.95. The summed E-state index contributed by atoms with van der Waals surface area (Å²) < 4.78 is 31.6. The third-order valence-corrected chi connectivity index (χ3v) is 5.65. The molecule has 1 heterocycles. The minimum atomic E-state index is -3.50. The summed E-state index contributed by atoms with van der Waals surface area (Å²) in [5.74, 6) is 0.0853. The highest BCUT2D eigenvalue weighted by Gasteiger charge is 2.27. The monoisotopic (exact) mass is 346 g/mol. The fourth-order valence-electron chi connectivity index (χ4n) is 2.11. The van der Waals surface area contributed by atoms with Crippen LogP contribution in [0.1, 0.15) is 12.8 Å². The maximum atomic E-state index is 12.4. The maximum absolute atomic E-state index is 12.4. The topological polar surface area (TPSA) is 66.9 Å². The van der Waals surface area contributed by atoms with Gasteiger partial charge in [-0.1, -0.05) is 11.6 Å². The quantitative estimate of drug-likeness (QED) is 0.812. The number of sulfonamides is 1. The molecule has 1 fully saturated rings. The van der Waals surface area contributed by atoms with Gasteiger partial charge in [0.15, 0.2) is 6.61 Å². The molecule has 0 radical (unpaired) electrons. The van der Waals surface area contributed by atoms with Crippen molar-refractivity contribution in [3.05, 3.63) is 23.2 Å². The molecule has 122 valence electrons. The number of carbonyl (C=O) groups excluding carboxylic acids is 1. The van der Waals surface area contributed by atoms with Gasteiger partial charge in [-0.2, -0.15) is 4.31 Å². The van der Waals surface area contributed by atoms with E-state index in [0.717, 1.165) is 12.8 Å². The van der Waals surface area contributed by atoms with Crippen LogP contribution in [0.15, 0.2) is 23.1 Å². The summed E-state index contributed by atoms with van der Waals surface area (Å²) in [4.78, 5) is 13.0. The summed E-state index contributed by atoms with van der Waals surface area (Å²) in [7, 11) is -0.256. The summed E-state index contributed by atoms with van der Waals surface area (Å²) in [5, 5.41) is 0.173. The van der Waals surface area contributed by atoms with Crippen molar-refractivity contribution >= 4 is 27.5 Å². The average molecular weight is 347 g/mol. The number of hydrogen-bond donors (Lipinski definition) is 0. The van der Waals surface area contributed by atoms with Crippen molar-refractivity contribution in [1.29, 1.82) is 0 Å². The molecule has 6 nitrogen and oxygen atoms in total. The van der Waals surface area contributed by atoms with Crippen LogP contribution in [0.3, 0.4) is 0 Å². The molecule has 0 bridgehead atoms. The number of nitrogens with zero attached hydrogens (tertiary/aromatic N) is 2. The van der Waals surface area contributed by atoms with Gasteiger partial charge in [0.2, 0.25) is 10.0 Å². The van der Waals surface area contributed by atoms with Crippen LogP contribution in [0, 0.1) is 0 Å². The fraction of sp³-hybridized carbons (Fsp3) is 0.500. The highest BCUT2D eigenvalue weighted by molar-refractivity contribution is 7.89. The highest BCUT2D eigenvalue weighted by atomic mass is 35.5. The molecule has 0 spiro atoms. The molecule has 2 rings (SSSR count). The molecule has 0 N–H and O–H groups in total. The predicted molar refractivity (Wildman–Crippen MR) is 83.6 cm³/mol. The molecule has 0 aliphatic carbocycles. The second-order valence-corrected chi connectivity index (χ2v) is 7.63. The van der Waals surface area contributed by atoms with Gasteiger partial charge in [0.25, 0.3) is 5.91 Å². The van der Waals surface area contributed by atoms with E-state index in [1.54, 1.807) is 14.1 Å². The summed E-state index contributed by atoms with van der Waals surface area (Å²) >= 11 is 6.07. The molecule has 0 saturated carbocycles. The lowest BCUT2D eigenvalue weighted by Crippen LogP contribution is -2.28. The average Bonchev–Trinajstić information content (AvgIpc) is 3.00. The molecule has 0 atom stereocenters. The van der Waals surface area contributed by atoms with Gasteiger partial charge >= 0.3 is 0 Å². The van der Waals surface area contributed by atoms with E-state index < -0.39 is 10.0 Å². The summed E-state index contributed by atoms with van der Waals surface area (Å²) in [6.45, 7) is 0.927. The lowest BCUT2D eigenvalue weighted by atomic mass is 10.3. The lowest BCUT2D eigenvalue weighted by Gasteiger charge is -2.16. The number of amides is 1. The Bertz CT molecular complexity index is 655. The van der Waals surface area contributed by atoms with E-state index in [0.29, 0.717) is 13.1 Å². The second kappa shape index (κ2) is 6.85. The maximum Gasteiger partial charge on any atom is 0.259 e. The molecular weight excluding hydrogens is 328 g/mol. The summed E-state index contributed by atoms with van der Waals surface area (Å²) in [6.07, 6.45) is 1.75. The number of carbonyl (C=O) groups is 1. The number of rotatable bonds is 5. The third-order valence-electron chi connectivity index (χ3n) is 3.46. The Morgan fingerprint density at radius 1 is 1.32 bits per heavy atom. The van der Waals surface area contributed by atoms with E-state index in [1.807, 2.05) is 0 Å². The Balaban J connectivity index is 2.14. The van der Waals surface area contributed by atoms with Gasteiger partial charge in [-0.15, -0.1) is 0 Å². The summed E-state index contributed by atoms with van der Waals surface area (Å²) in [6, 6.07) is 4.30. The lowest BCUT2D eigenvalue weighted by molar-refractivity contribution is -0.130. The molecule has 0 unspecified atom stereocenters. The Morgan fingerprint density at radius 2 is 1.95 bits per heavy atom. The van der Waals surface area contributed by atoms with Gasteiger partial charge in [0.05, 0.1) is 9.92 Å². The van der Waals surface area contributed by atoms with E-state index in [-0.39, 0.29) is 28.2 Å². The first kappa shape index (κ1) is 17.1. The Labute approximate surface area is 135 Å². The normalized spacial score (nSPS) is 15.8. The molecule has 22 heavy (non-hydrogen) atoms. The largest absolute Gasteiger partial charge is 0.482 e. The minimum Gasteiger partial charge on any atom is -0.482 e.